The van der Waals surface area contributed by atoms with Crippen LogP contribution in [0, 0.1) is 11.8 Å². The van der Waals surface area contributed by atoms with Crippen LogP contribution in [0.3, 0.4) is 0 Å². The maximum absolute atomic E-state index is 14.4. The molecule has 64 heavy (non-hydrogen) atoms. The van der Waals surface area contributed by atoms with Crippen molar-refractivity contribution in [1.29, 1.82) is 0 Å². The molecule has 0 bridgehead atoms. The van der Waals surface area contributed by atoms with Gasteiger partial charge in [-0.05, 0) is 80.7 Å². The molecule has 3 aromatic carbocycles. The second kappa shape index (κ2) is 19.5. The SMILES string of the molecule is COC[C@H]1C[C@@H](c2ncc(-c3ccc(-c4ccc(-c5cnc([C@@H]6CC[C@H](C)N6C(=O)[C@@H](NC(=O)OC)C(C)C)[nH]5)cc4)cc3)[nH]2)N(C(=O)[C@H](NC(=O)OC(C)(C)C)c2ccccc2)C1. The van der Waals surface area contributed by atoms with Gasteiger partial charge in [-0.1, -0.05) is 92.7 Å². The van der Waals surface area contributed by atoms with E-state index in [1.807, 2.05) is 80.3 Å². The maximum Gasteiger partial charge on any atom is 0.408 e. The highest BCUT2D eigenvalue weighted by Crippen LogP contribution is 2.39. The van der Waals surface area contributed by atoms with Crippen LogP contribution < -0.4 is 10.6 Å². The third kappa shape index (κ3) is 10.3. The number of alkyl carbamates (subject to hydrolysis) is 2. The zero-order valence-corrected chi connectivity index (χ0v) is 37.9. The van der Waals surface area contributed by atoms with Crippen molar-refractivity contribution < 1.29 is 33.4 Å². The Morgan fingerprint density at radius 2 is 1.31 bits per heavy atom. The molecule has 338 valence electrons. The maximum atomic E-state index is 14.4. The second-order valence-electron chi connectivity index (χ2n) is 18.1. The Balaban J connectivity index is 1.04. The minimum Gasteiger partial charge on any atom is -0.453 e. The summed E-state index contributed by atoms with van der Waals surface area (Å²) in [7, 11) is 2.95. The Hall–Kier alpha value is -6.48. The number of hydrogen-bond donors (Lipinski definition) is 4. The lowest BCUT2D eigenvalue weighted by Crippen LogP contribution is -2.52. The zero-order valence-electron chi connectivity index (χ0n) is 37.9. The summed E-state index contributed by atoms with van der Waals surface area (Å²) in [6.07, 6.45) is 4.52. The molecule has 6 atom stereocenters. The van der Waals surface area contributed by atoms with Gasteiger partial charge in [-0.3, -0.25) is 9.59 Å². The number of rotatable bonds is 13. The molecule has 5 aromatic rings. The smallest absolute Gasteiger partial charge is 0.408 e. The summed E-state index contributed by atoms with van der Waals surface area (Å²) in [6, 6.07) is 23.4. The fourth-order valence-corrected chi connectivity index (χ4v) is 8.78. The zero-order chi connectivity index (χ0) is 45.7. The highest BCUT2D eigenvalue weighted by molar-refractivity contribution is 5.88. The number of H-pyrrole nitrogens is 2. The number of aromatic nitrogens is 4. The van der Waals surface area contributed by atoms with E-state index in [9.17, 15) is 19.2 Å². The van der Waals surface area contributed by atoms with Crippen LogP contribution in [0.1, 0.15) is 96.1 Å². The first-order valence-corrected chi connectivity index (χ1v) is 22.0. The molecular formula is C49H60N8O7. The van der Waals surface area contributed by atoms with Gasteiger partial charge >= 0.3 is 12.2 Å². The molecule has 0 unspecified atom stereocenters. The number of methoxy groups -OCH3 is 2. The summed E-state index contributed by atoms with van der Waals surface area (Å²) in [6.45, 7) is 12.1. The summed E-state index contributed by atoms with van der Waals surface area (Å²) in [5, 5.41) is 5.55. The standard InChI is InChI=1S/C49H60N8O7/c1-29(2)41(54-47(60)63-8)46(59)57-30(3)14-23-39(57)43-50-25-37(52-43)34-19-15-32(16-20-34)33-17-21-35(22-18-33)38-26-51-44(53-38)40-24-31(28-62-7)27-56(40)45(58)42(36-12-10-9-11-13-36)55-48(61)64-49(4,5)6/h9-13,15-22,25-26,29-31,39-42H,14,23-24,27-28H2,1-8H3,(H,50,52)(H,51,53)(H,54,60)(H,55,61)/t30-,31-,39-,40-,41-,42+/m0/s1. The first kappa shape index (κ1) is 45.5. The van der Waals surface area contributed by atoms with Crippen molar-refractivity contribution >= 4 is 24.0 Å². The van der Waals surface area contributed by atoms with Gasteiger partial charge in [0.1, 0.15) is 29.3 Å². The monoisotopic (exact) mass is 872 g/mol. The lowest BCUT2D eigenvalue weighted by Gasteiger charge is -2.32. The number of carbonyl (C=O) groups is 4. The summed E-state index contributed by atoms with van der Waals surface area (Å²) in [4.78, 5) is 73.4. The molecule has 0 radical (unpaired) electrons. The first-order valence-electron chi connectivity index (χ1n) is 22.0. The number of ether oxygens (including phenoxy) is 3. The Labute approximate surface area is 374 Å². The van der Waals surface area contributed by atoms with Crippen LogP contribution in [0.2, 0.25) is 0 Å². The van der Waals surface area contributed by atoms with Crippen LogP contribution in [0.5, 0.6) is 0 Å². The predicted molar refractivity (Wildman–Crippen MR) is 242 cm³/mol. The molecule has 0 aliphatic carbocycles. The van der Waals surface area contributed by atoms with E-state index in [4.69, 9.17) is 24.2 Å². The Bertz CT molecular complexity index is 2390. The van der Waals surface area contributed by atoms with Crippen LogP contribution in [0.4, 0.5) is 9.59 Å². The number of carbonyl (C=O) groups excluding carboxylic acids is 4. The molecule has 4 N–H and O–H groups in total. The number of nitrogens with zero attached hydrogens (tertiary/aromatic N) is 4. The quantitative estimate of drug-likeness (QED) is 0.0903. The van der Waals surface area contributed by atoms with Crippen molar-refractivity contribution in [2.75, 3.05) is 27.4 Å². The van der Waals surface area contributed by atoms with Gasteiger partial charge in [0.2, 0.25) is 5.91 Å². The molecule has 2 fully saturated rings. The normalized spacial score (nSPS) is 19.6. The van der Waals surface area contributed by atoms with Gasteiger partial charge < -0.3 is 44.6 Å². The number of likely N-dealkylation sites (tertiary alicyclic amines) is 2. The van der Waals surface area contributed by atoms with Gasteiger partial charge in [0.25, 0.3) is 5.91 Å². The number of hydrogen-bond acceptors (Lipinski definition) is 9. The van der Waals surface area contributed by atoms with Crippen LogP contribution in [0.25, 0.3) is 33.6 Å². The van der Waals surface area contributed by atoms with Gasteiger partial charge in [0.15, 0.2) is 0 Å². The van der Waals surface area contributed by atoms with Gasteiger partial charge in [0, 0.05) is 25.6 Å². The van der Waals surface area contributed by atoms with E-state index in [0.717, 1.165) is 46.5 Å². The number of nitrogens with one attached hydrogen (secondary N) is 4. The van der Waals surface area contributed by atoms with Crippen molar-refractivity contribution in [1.82, 2.24) is 40.4 Å². The van der Waals surface area contributed by atoms with Crippen molar-refractivity contribution in [3.05, 3.63) is 108 Å². The molecule has 2 aromatic heterocycles. The third-order valence-electron chi connectivity index (χ3n) is 12.0. The van der Waals surface area contributed by atoms with E-state index in [2.05, 4.69) is 44.9 Å². The van der Waals surface area contributed by atoms with Gasteiger partial charge in [0.05, 0.1) is 49.6 Å². The Morgan fingerprint density at radius 3 is 1.84 bits per heavy atom. The number of imidazole rings is 2. The highest BCUT2D eigenvalue weighted by atomic mass is 16.6. The summed E-state index contributed by atoms with van der Waals surface area (Å²) in [5.41, 5.74) is 5.56. The minimum atomic E-state index is -0.959. The van der Waals surface area contributed by atoms with Crippen molar-refractivity contribution in [3.8, 4) is 33.6 Å². The summed E-state index contributed by atoms with van der Waals surface area (Å²) < 4.78 is 15.9. The van der Waals surface area contributed by atoms with Gasteiger partial charge in [-0.25, -0.2) is 19.6 Å². The minimum absolute atomic E-state index is 0.00975. The molecular weight excluding hydrogens is 813 g/mol. The molecule has 7 rings (SSSR count). The fraction of sp³-hybridized carbons (Fsp3) is 0.429. The van der Waals surface area contributed by atoms with E-state index in [0.29, 0.717) is 36.8 Å². The highest BCUT2D eigenvalue weighted by Gasteiger charge is 2.43. The number of benzene rings is 3. The largest absolute Gasteiger partial charge is 0.453 e. The van der Waals surface area contributed by atoms with E-state index in [1.165, 1.54) is 7.11 Å². The van der Waals surface area contributed by atoms with Crippen molar-refractivity contribution in [3.63, 3.8) is 0 Å². The van der Waals surface area contributed by atoms with Gasteiger partial charge in [-0.2, -0.15) is 0 Å². The molecule has 0 spiro atoms. The molecule has 4 heterocycles. The molecule has 15 heteroatoms. The third-order valence-corrected chi connectivity index (χ3v) is 12.0. The Morgan fingerprint density at radius 1 is 0.750 bits per heavy atom. The molecule has 15 nitrogen and oxygen atoms in total. The van der Waals surface area contributed by atoms with Crippen LogP contribution in [0.15, 0.2) is 91.3 Å². The van der Waals surface area contributed by atoms with E-state index >= 15 is 0 Å². The number of aromatic amines is 2. The van der Waals surface area contributed by atoms with E-state index < -0.39 is 29.9 Å². The summed E-state index contributed by atoms with van der Waals surface area (Å²) in [5.74, 6) is 0.913. The second-order valence-corrected chi connectivity index (χ2v) is 18.1. The molecule has 4 amide bonds. The average molecular weight is 873 g/mol. The fourth-order valence-electron chi connectivity index (χ4n) is 8.78. The van der Waals surface area contributed by atoms with Crippen LogP contribution in [-0.4, -0.2) is 98.8 Å². The molecule has 2 aliphatic heterocycles. The molecule has 2 saturated heterocycles. The summed E-state index contributed by atoms with van der Waals surface area (Å²) >= 11 is 0. The average Bonchev–Trinajstić information content (AvgIpc) is 4.11. The lowest BCUT2D eigenvalue weighted by atomic mass is 10.0. The lowest BCUT2D eigenvalue weighted by molar-refractivity contribution is -0.137. The first-order chi connectivity index (χ1) is 30.6. The van der Waals surface area contributed by atoms with E-state index in [1.54, 1.807) is 45.2 Å². The number of amides is 4. The van der Waals surface area contributed by atoms with Crippen LogP contribution >= 0.6 is 0 Å². The van der Waals surface area contributed by atoms with Crippen molar-refractivity contribution in [2.45, 2.75) is 96.6 Å². The molecule has 2 aliphatic rings. The van der Waals surface area contributed by atoms with Crippen LogP contribution in [-0.2, 0) is 23.8 Å². The molecule has 0 saturated carbocycles. The van der Waals surface area contributed by atoms with E-state index in [-0.39, 0.29) is 41.8 Å². The van der Waals surface area contributed by atoms with Crippen molar-refractivity contribution in [2.24, 2.45) is 11.8 Å². The Kier molecular flexibility index (Phi) is 13.9. The van der Waals surface area contributed by atoms with Gasteiger partial charge in [-0.15, -0.1) is 0 Å². The predicted octanol–water partition coefficient (Wildman–Crippen LogP) is 8.37. The topological polar surface area (TPSA) is 184 Å².